The van der Waals surface area contributed by atoms with Crippen molar-refractivity contribution in [2.24, 2.45) is 0 Å². The Kier molecular flexibility index (Phi) is 4.09. The lowest BCUT2D eigenvalue weighted by Gasteiger charge is -2.40. The van der Waals surface area contributed by atoms with E-state index in [1.807, 2.05) is 17.8 Å². The molecule has 1 aliphatic carbocycles. The van der Waals surface area contributed by atoms with E-state index in [-0.39, 0.29) is 10.7 Å². The van der Waals surface area contributed by atoms with Crippen molar-refractivity contribution in [3.63, 3.8) is 0 Å². The number of pyridine rings is 1. The molecule has 1 N–H and O–H groups in total. The number of rotatable bonds is 4. The fourth-order valence-corrected chi connectivity index (χ4v) is 3.01. The van der Waals surface area contributed by atoms with Crippen LogP contribution in [-0.2, 0) is 0 Å². The van der Waals surface area contributed by atoms with Gasteiger partial charge in [0.25, 0.3) is 5.91 Å². The second-order valence-electron chi connectivity index (χ2n) is 4.29. The zero-order chi connectivity index (χ0) is 12.3. The van der Waals surface area contributed by atoms with Gasteiger partial charge in [0.15, 0.2) is 0 Å². The Labute approximate surface area is 114 Å². The van der Waals surface area contributed by atoms with Crippen LogP contribution in [0.4, 0.5) is 0 Å². The normalized spacial score (nSPS) is 17.3. The summed E-state index contributed by atoms with van der Waals surface area (Å²) in [5, 5.41) is 2.97. The quantitative estimate of drug-likeness (QED) is 0.929. The van der Waals surface area contributed by atoms with Crippen molar-refractivity contribution in [3.8, 4) is 0 Å². The number of halogens is 1. The SMILES string of the molecule is CSC1(CNC(=O)c2ccc(Br)cn2)CCC1. The summed E-state index contributed by atoms with van der Waals surface area (Å²) < 4.78 is 1.15. The number of thioether (sulfide) groups is 1. The van der Waals surface area contributed by atoms with Crippen LogP contribution < -0.4 is 5.32 Å². The maximum atomic E-state index is 11.9. The molecule has 1 heterocycles. The molecule has 2 rings (SSSR count). The van der Waals surface area contributed by atoms with Crippen LogP contribution in [0.25, 0.3) is 0 Å². The number of nitrogens with one attached hydrogen (secondary N) is 1. The van der Waals surface area contributed by atoms with E-state index in [4.69, 9.17) is 0 Å². The van der Waals surface area contributed by atoms with Crippen molar-refractivity contribution < 1.29 is 4.79 Å². The predicted molar refractivity (Wildman–Crippen MR) is 74.4 cm³/mol. The molecule has 1 aromatic rings. The molecule has 0 aliphatic heterocycles. The predicted octanol–water partition coefficient (Wildman–Crippen LogP) is 2.86. The van der Waals surface area contributed by atoms with E-state index in [2.05, 4.69) is 32.5 Å². The minimum absolute atomic E-state index is 0.0853. The number of hydrogen-bond donors (Lipinski definition) is 1. The van der Waals surface area contributed by atoms with E-state index in [1.54, 1.807) is 12.3 Å². The van der Waals surface area contributed by atoms with Crippen LogP contribution >= 0.6 is 27.7 Å². The van der Waals surface area contributed by atoms with Crippen LogP contribution in [0.5, 0.6) is 0 Å². The summed E-state index contributed by atoms with van der Waals surface area (Å²) >= 11 is 5.16. The molecule has 0 saturated heterocycles. The molecule has 1 aliphatic rings. The third-order valence-corrected chi connectivity index (χ3v) is 5.12. The van der Waals surface area contributed by atoms with Gasteiger partial charge in [0, 0.05) is 22.0 Å². The molecular weight excluding hydrogens is 300 g/mol. The van der Waals surface area contributed by atoms with Crippen LogP contribution in [-0.4, -0.2) is 28.4 Å². The van der Waals surface area contributed by atoms with Gasteiger partial charge in [-0.2, -0.15) is 11.8 Å². The summed E-state index contributed by atoms with van der Waals surface area (Å²) in [5.74, 6) is -0.0853. The highest BCUT2D eigenvalue weighted by molar-refractivity contribution is 9.10. The topological polar surface area (TPSA) is 42.0 Å². The lowest BCUT2D eigenvalue weighted by atomic mass is 9.84. The highest BCUT2D eigenvalue weighted by Crippen LogP contribution is 2.42. The maximum Gasteiger partial charge on any atom is 0.269 e. The summed E-state index contributed by atoms with van der Waals surface area (Å²) in [6.45, 7) is 0.741. The molecule has 92 valence electrons. The number of amides is 1. The van der Waals surface area contributed by atoms with Gasteiger partial charge >= 0.3 is 0 Å². The summed E-state index contributed by atoms with van der Waals surface area (Å²) in [6, 6.07) is 3.56. The Hall–Kier alpha value is -0.550. The Bertz CT molecular complexity index is 398. The fraction of sp³-hybridized carbons (Fsp3) is 0.500. The van der Waals surface area contributed by atoms with Crippen LogP contribution in [0, 0.1) is 0 Å². The average Bonchev–Trinajstić information content (AvgIpc) is 2.29. The number of carbonyl (C=O) groups is 1. The monoisotopic (exact) mass is 314 g/mol. The minimum Gasteiger partial charge on any atom is -0.349 e. The maximum absolute atomic E-state index is 11.9. The van der Waals surface area contributed by atoms with Crippen molar-refractivity contribution in [1.29, 1.82) is 0 Å². The first-order valence-corrected chi connectivity index (χ1v) is 7.62. The zero-order valence-electron chi connectivity index (χ0n) is 9.70. The van der Waals surface area contributed by atoms with E-state index >= 15 is 0 Å². The standard InChI is InChI=1S/C12H15BrN2OS/c1-17-12(5-2-6-12)8-15-11(16)10-4-3-9(13)7-14-10/h3-4,7H,2,5-6,8H2,1H3,(H,15,16). The molecule has 0 aromatic carbocycles. The number of hydrogen-bond acceptors (Lipinski definition) is 3. The average molecular weight is 315 g/mol. The Morgan fingerprint density at radius 3 is 2.82 bits per heavy atom. The van der Waals surface area contributed by atoms with E-state index in [0.717, 1.165) is 11.0 Å². The first kappa shape index (κ1) is 12.9. The van der Waals surface area contributed by atoms with Crippen molar-refractivity contribution in [2.45, 2.75) is 24.0 Å². The second-order valence-corrected chi connectivity index (χ2v) is 6.47. The Morgan fingerprint density at radius 2 is 2.35 bits per heavy atom. The molecule has 0 bridgehead atoms. The van der Waals surface area contributed by atoms with Gasteiger partial charge in [-0.25, -0.2) is 4.98 Å². The third-order valence-electron chi connectivity index (χ3n) is 3.23. The fourth-order valence-electron chi connectivity index (χ4n) is 1.87. The third kappa shape index (κ3) is 3.01. The van der Waals surface area contributed by atoms with Crippen LogP contribution in [0.1, 0.15) is 29.8 Å². The molecule has 3 nitrogen and oxygen atoms in total. The Balaban J connectivity index is 1.91. The molecule has 17 heavy (non-hydrogen) atoms. The van der Waals surface area contributed by atoms with Gasteiger partial charge in [-0.05, 0) is 47.2 Å². The summed E-state index contributed by atoms with van der Waals surface area (Å²) in [4.78, 5) is 15.9. The summed E-state index contributed by atoms with van der Waals surface area (Å²) in [6.07, 6.45) is 7.42. The van der Waals surface area contributed by atoms with Crippen molar-refractivity contribution in [1.82, 2.24) is 10.3 Å². The Morgan fingerprint density at radius 1 is 1.59 bits per heavy atom. The van der Waals surface area contributed by atoms with E-state index in [1.165, 1.54) is 19.3 Å². The summed E-state index contributed by atoms with van der Waals surface area (Å²) in [5.41, 5.74) is 0.476. The molecular formula is C12H15BrN2OS. The van der Waals surface area contributed by atoms with Crippen molar-refractivity contribution in [3.05, 3.63) is 28.5 Å². The molecule has 0 radical (unpaired) electrons. The number of carbonyl (C=O) groups excluding carboxylic acids is 1. The van der Waals surface area contributed by atoms with Gasteiger partial charge in [0.2, 0.25) is 0 Å². The number of nitrogens with zero attached hydrogens (tertiary/aromatic N) is 1. The van der Waals surface area contributed by atoms with Crippen LogP contribution in [0.2, 0.25) is 0 Å². The molecule has 0 unspecified atom stereocenters. The van der Waals surface area contributed by atoms with Gasteiger partial charge in [-0.1, -0.05) is 6.42 Å². The van der Waals surface area contributed by atoms with Crippen LogP contribution in [0.3, 0.4) is 0 Å². The second kappa shape index (κ2) is 5.40. The van der Waals surface area contributed by atoms with Gasteiger partial charge in [0.05, 0.1) is 0 Å². The lowest BCUT2D eigenvalue weighted by Crippen LogP contribution is -2.45. The first-order valence-electron chi connectivity index (χ1n) is 5.60. The number of aromatic nitrogens is 1. The van der Waals surface area contributed by atoms with Gasteiger partial charge < -0.3 is 5.32 Å². The van der Waals surface area contributed by atoms with Gasteiger partial charge in [-0.3, -0.25) is 4.79 Å². The molecule has 1 fully saturated rings. The van der Waals surface area contributed by atoms with Gasteiger partial charge in [-0.15, -0.1) is 0 Å². The van der Waals surface area contributed by atoms with Crippen LogP contribution in [0.15, 0.2) is 22.8 Å². The van der Waals surface area contributed by atoms with Gasteiger partial charge in [0.1, 0.15) is 5.69 Å². The van der Waals surface area contributed by atoms with Crippen molar-refractivity contribution >= 4 is 33.6 Å². The first-order chi connectivity index (χ1) is 8.15. The smallest absolute Gasteiger partial charge is 0.269 e. The molecule has 5 heteroatoms. The molecule has 1 amide bonds. The highest BCUT2D eigenvalue weighted by atomic mass is 79.9. The van der Waals surface area contributed by atoms with Crippen molar-refractivity contribution in [2.75, 3.05) is 12.8 Å². The van der Waals surface area contributed by atoms with E-state index < -0.39 is 0 Å². The van der Waals surface area contributed by atoms with E-state index in [9.17, 15) is 4.79 Å². The lowest BCUT2D eigenvalue weighted by molar-refractivity contribution is 0.0939. The molecule has 1 aromatic heterocycles. The highest BCUT2D eigenvalue weighted by Gasteiger charge is 2.36. The minimum atomic E-state index is -0.0853. The largest absolute Gasteiger partial charge is 0.349 e. The summed E-state index contributed by atoms with van der Waals surface area (Å²) in [7, 11) is 0. The zero-order valence-corrected chi connectivity index (χ0v) is 12.1. The molecule has 1 saturated carbocycles. The molecule has 0 spiro atoms. The molecule has 0 atom stereocenters. The van der Waals surface area contributed by atoms with E-state index in [0.29, 0.717) is 5.69 Å².